The lowest BCUT2D eigenvalue weighted by Crippen LogP contribution is -2.15. The molecule has 0 atom stereocenters. The third-order valence-electron chi connectivity index (χ3n) is 1.35. The van der Waals surface area contributed by atoms with E-state index in [1.54, 1.807) is 6.92 Å². The van der Waals surface area contributed by atoms with Crippen LogP contribution in [0.2, 0.25) is 0 Å². The van der Waals surface area contributed by atoms with E-state index in [1.807, 2.05) is 0 Å². The molecular weight excluding hydrogens is 176 g/mol. The molecule has 0 saturated heterocycles. The van der Waals surface area contributed by atoms with Crippen molar-refractivity contribution in [2.45, 2.75) is 13.5 Å². The molecule has 1 aromatic heterocycles. The predicted molar refractivity (Wildman–Crippen MR) is 43.6 cm³/mol. The van der Waals surface area contributed by atoms with E-state index in [4.69, 9.17) is 14.9 Å². The zero-order valence-electron chi connectivity index (χ0n) is 7.07. The van der Waals surface area contributed by atoms with Gasteiger partial charge in [0, 0.05) is 0 Å². The van der Waals surface area contributed by atoms with Crippen LogP contribution in [0, 0.1) is 0 Å². The summed E-state index contributed by atoms with van der Waals surface area (Å²) in [4.78, 5) is 16.9. The van der Waals surface area contributed by atoms with E-state index < -0.39 is 18.0 Å². The summed E-state index contributed by atoms with van der Waals surface area (Å²) in [7, 11) is 0. The first-order chi connectivity index (χ1) is 6.19. The number of nitrogens with one attached hydrogen (secondary N) is 1. The second kappa shape index (κ2) is 3.90. The second-order valence-corrected chi connectivity index (χ2v) is 2.26. The summed E-state index contributed by atoms with van der Waals surface area (Å²) in [5.74, 6) is -0.722. The van der Waals surface area contributed by atoms with Crippen molar-refractivity contribution in [2.24, 2.45) is 0 Å². The fourth-order valence-corrected chi connectivity index (χ4v) is 0.845. The predicted octanol–water partition coefficient (Wildman–Crippen LogP) is -0.634. The highest BCUT2D eigenvalue weighted by molar-refractivity contribution is 5.29. The summed E-state index contributed by atoms with van der Waals surface area (Å²) in [6.07, 6.45) is 0. The Morgan fingerprint density at radius 2 is 2.31 bits per heavy atom. The molecule has 0 amide bonds. The number of aliphatic hydroxyl groups excluding tert-OH is 1. The number of aliphatic hydroxyl groups is 1. The Hall–Kier alpha value is -1.56. The molecule has 0 spiro atoms. The van der Waals surface area contributed by atoms with Crippen LogP contribution in [-0.2, 0) is 6.61 Å². The van der Waals surface area contributed by atoms with Crippen molar-refractivity contribution < 1.29 is 14.9 Å². The standard InChI is InChI=1S/C7H10N2O4/c1-2-13-5-6(11)8-4(3-10)9-7(5)12/h10H,2-3H2,1H3,(H2,8,9,11,12). The van der Waals surface area contributed by atoms with Crippen LogP contribution in [0.5, 0.6) is 11.6 Å². The Morgan fingerprint density at radius 1 is 1.62 bits per heavy atom. The zero-order valence-corrected chi connectivity index (χ0v) is 7.07. The highest BCUT2D eigenvalue weighted by Gasteiger charge is 2.10. The van der Waals surface area contributed by atoms with Gasteiger partial charge in [-0.3, -0.25) is 4.79 Å². The van der Waals surface area contributed by atoms with Crippen molar-refractivity contribution in [3.8, 4) is 11.6 Å². The molecule has 1 heterocycles. The van der Waals surface area contributed by atoms with Crippen molar-refractivity contribution in [3.63, 3.8) is 0 Å². The van der Waals surface area contributed by atoms with Crippen molar-refractivity contribution in [3.05, 3.63) is 16.2 Å². The van der Waals surface area contributed by atoms with E-state index in [2.05, 4.69) is 9.97 Å². The number of aromatic hydroxyl groups is 1. The molecule has 0 aliphatic rings. The molecule has 1 rings (SSSR count). The number of aromatic nitrogens is 2. The van der Waals surface area contributed by atoms with E-state index >= 15 is 0 Å². The van der Waals surface area contributed by atoms with Crippen molar-refractivity contribution in [1.29, 1.82) is 0 Å². The minimum Gasteiger partial charge on any atom is -0.490 e. The van der Waals surface area contributed by atoms with Gasteiger partial charge < -0.3 is 19.9 Å². The number of hydrogen-bond acceptors (Lipinski definition) is 5. The molecule has 0 aliphatic carbocycles. The average Bonchev–Trinajstić information content (AvgIpc) is 2.11. The highest BCUT2D eigenvalue weighted by atomic mass is 16.5. The first kappa shape index (κ1) is 9.53. The Bertz CT molecular complexity index is 347. The van der Waals surface area contributed by atoms with E-state index in [-0.39, 0.29) is 18.2 Å². The topological polar surface area (TPSA) is 95.4 Å². The van der Waals surface area contributed by atoms with Gasteiger partial charge in [0.25, 0.3) is 11.4 Å². The largest absolute Gasteiger partial charge is 0.490 e. The number of H-pyrrole nitrogens is 1. The van der Waals surface area contributed by atoms with Crippen LogP contribution in [-0.4, -0.2) is 26.8 Å². The summed E-state index contributed by atoms with van der Waals surface area (Å²) >= 11 is 0. The summed E-state index contributed by atoms with van der Waals surface area (Å²) in [6, 6.07) is 0. The van der Waals surface area contributed by atoms with Gasteiger partial charge in [0.1, 0.15) is 12.4 Å². The van der Waals surface area contributed by atoms with Gasteiger partial charge in [-0.25, -0.2) is 0 Å². The monoisotopic (exact) mass is 186 g/mol. The lowest BCUT2D eigenvalue weighted by atomic mass is 10.5. The van der Waals surface area contributed by atoms with Gasteiger partial charge in [-0.1, -0.05) is 0 Å². The van der Waals surface area contributed by atoms with E-state index in [0.29, 0.717) is 0 Å². The van der Waals surface area contributed by atoms with E-state index in [9.17, 15) is 4.79 Å². The molecular formula is C7H10N2O4. The number of nitrogens with zero attached hydrogens (tertiary/aromatic N) is 1. The van der Waals surface area contributed by atoms with Crippen LogP contribution in [0.4, 0.5) is 0 Å². The molecule has 0 aromatic carbocycles. The van der Waals surface area contributed by atoms with Crippen LogP contribution in [0.3, 0.4) is 0 Å². The third-order valence-corrected chi connectivity index (χ3v) is 1.35. The van der Waals surface area contributed by atoms with Gasteiger partial charge in [-0.15, -0.1) is 0 Å². The molecule has 13 heavy (non-hydrogen) atoms. The number of hydrogen-bond donors (Lipinski definition) is 3. The van der Waals surface area contributed by atoms with Gasteiger partial charge in [-0.05, 0) is 6.92 Å². The molecule has 0 saturated carbocycles. The minimum absolute atomic E-state index is 0.00551. The van der Waals surface area contributed by atoms with E-state index in [0.717, 1.165) is 0 Å². The Kier molecular flexibility index (Phi) is 2.86. The Balaban J connectivity index is 3.15. The molecule has 0 unspecified atom stereocenters. The van der Waals surface area contributed by atoms with Crippen LogP contribution in [0.15, 0.2) is 4.79 Å². The number of aromatic amines is 1. The lowest BCUT2D eigenvalue weighted by Gasteiger charge is -2.04. The molecule has 1 aromatic rings. The van der Waals surface area contributed by atoms with E-state index in [1.165, 1.54) is 0 Å². The highest BCUT2D eigenvalue weighted by Crippen LogP contribution is 2.16. The fourth-order valence-electron chi connectivity index (χ4n) is 0.845. The van der Waals surface area contributed by atoms with Crippen LogP contribution < -0.4 is 10.3 Å². The third kappa shape index (κ3) is 1.97. The average molecular weight is 186 g/mol. The molecule has 0 bridgehead atoms. The molecule has 0 fully saturated rings. The van der Waals surface area contributed by atoms with Gasteiger partial charge in [-0.2, -0.15) is 4.98 Å². The van der Waals surface area contributed by atoms with Crippen molar-refractivity contribution in [1.82, 2.24) is 9.97 Å². The lowest BCUT2D eigenvalue weighted by molar-refractivity contribution is 0.263. The van der Waals surface area contributed by atoms with Crippen molar-refractivity contribution >= 4 is 0 Å². The number of rotatable bonds is 3. The SMILES string of the molecule is CCOc1c(O)nc(CO)[nH]c1=O. The summed E-state index contributed by atoms with van der Waals surface area (Å²) < 4.78 is 4.83. The molecule has 0 aliphatic heterocycles. The first-order valence-corrected chi connectivity index (χ1v) is 3.74. The molecule has 72 valence electrons. The summed E-state index contributed by atoms with van der Waals surface area (Å²) in [6.45, 7) is 1.50. The fraction of sp³-hybridized carbons (Fsp3) is 0.429. The summed E-state index contributed by atoms with van der Waals surface area (Å²) in [5.41, 5.74) is -0.599. The zero-order chi connectivity index (χ0) is 9.84. The first-order valence-electron chi connectivity index (χ1n) is 3.74. The quantitative estimate of drug-likeness (QED) is 0.584. The Labute approximate surface area is 73.8 Å². The van der Waals surface area contributed by atoms with Crippen molar-refractivity contribution in [2.75, 3.05) is 6.61 Å². The van der Waals surface area contributed by atoms with Gasteiger partial charge >= 0.3 is 0 Å². The number of ether oxygens (including phenoxy) is 1. The maximum absolute atomic E-state index is 11.1. The molecule has 6 heteroatoms. The second-order valence-electron chi connectivity index (χ2n) is 2.26. The smallest absolute Gasteiger partial charge is 0.297 e. The van der Waals surface area contributed by atoms with Gasteiger partial charge in [0.05, 0.1) is 6.61 Å². The molecule has 0 radical (unpaired) electrons. The van der Waals surface area contributed by atoms with Crippen LogP contribution in [0.1, 0.15) is 12.7 Å². The normalized spacial score (nSPS) is 10.0. The molecule has 6 nitrogen and oxygen atoms in total. The molecule has 3 N–H and O–H groups in total. The minimum atomic E-state index is -0.599. The van der Waals surface area contributed by atoms with Crippen LogP contribution >= 0.6 is 0 Å². The van der Waals surface area contributed by atoms with Gasteiger partial charge in [0.2, 0.25) is 5.75 Å². The summed E-state index contributed by atoms with van der Waals surface area (Å²) in [5, 5.41) is 17.8. The van der Waals surface area contributed by atoms with Crippen LogP contribution in [0.25, 0.3) is 0 Å². The maximum atomic E-state index is 11.1. The maximum Gasteiger partial charge on any atom is 0.297 e. The Morgan fingerprint density at radius 3 is 2.77 bits per heavy atom. The van der Waals surface area contributed by atoms with Gasteiger partial charge in [0.15, 0.2) is 0 Å².